The predicted molar refractivity (Wildman–Crippen MR) is 88.2 cm³/mol. The van der Waals surface area contributed by atoms with Crippen molar-refractivity contribution in [2.45, 2.75) is 46.0 Å². The summed E-state index contributed by atoms with van der Waals surface area (Å²) in [5.41, 5.74) is 1.88. The van der Waals surface area contributed by atoms with Crippen LogP contribution in [0.15, 0.2) is 30.4 Å². The summed E-state index contributed by atoms with van der Waals surface area (Å²) in [6, 6.07) is 6.19. The van der Waals surface area contributed by atoms with Gasteiger partial charge < -0.3 is 9.47 Å². The fourth-order valence-electron chi connectivity index (χ4n) is 3.45. The highest BCUT2D eigenvalue weighted by molar-refractivity contribution is 5.73. The Bertz CT molecular complexity index is 586. The van der Waals surface area contributed by atoms with Crippen LogP contribution in [0.2, 0.25) is 0 Å². The first kappa shape index (κ1) is 16.6. The highest BCUT2D eigenvalue weighted by Gasteiger charge is 2.48. The van der Waals surface area contributed by atoms with Crippen molar-refractivity contribution in [2.75, 3.05) is 13.7 Å². The van der Waals surface area contributed by atoms with Crippen LogP contribution in [0.3, 0.4) is 0 Å². The molecule has 0 heterocycles. The number of carbonyl (C=O) groups excluding carboxylic acids is 1. The molecule has 0 spiro atoms. The molecule has 0 saturated carbocycles. The molecule has 120 valence electrons. The molecule has 0 saturated heterocycles. The SMILES string of the molecule is CCOC(=O)C[C@@]1(c2ccc(OC)c(C)c2)C=CCC1(C)C. The van der Waals surface area contributed by atoms with E-state index in [9.17, 15) is 4.79 Å². The number of esters is 1. The van der Waals surface area contributed by atoms with Crippen molar-refractivity contribution in [1.82, 2.24) is 0 Å². The molecular weight excluding hydrogens is 276 g/mol. The molecule has 0 fully saturated rings. The van der Waals surface area contributed by atoms with Gasteiger partial charge in [-0.15, -0.1) is 0 Å². The van der Waals surface area contributed by atoms with Crippen molar-refractivity contribution >= 4 is 5.97 Å². The molecule has 1 aromatic rings. The van der Waals surface area contributed by atoms with Crippen molar-refractivity contribution in [3.63, 3.8) is 0 Å². The Morgan fingerprint density at radius 3 is 2.55 bits per heavy atom. The molecule has 22 heavy (non-hydrogen) atoms. The number of aryl methyl sites for hydroxylation is 1. The zero-order valence-corrected chi connectivity index (χ0v) is 14.2. The van der Waals surface area contributed by atoms with Gasteiger partial charge in [-0.2, -0.15) is 0 Å². The summed E-state index contributed by atoms with van der Waals surface area (Å²) in [4.78, 5) is 12.2. The summed E-state index contributed by atoms with van der Waals surface area (Å²) in [6.07, 6.45) is 5.69. The van der Waals surface area contributed by atoms with Crippen LogP contribution in [0.25, 0.3) is 0 Å². The lowest BCUT2D eigenvalue weighted by Gasteiger charge is -2.41. The third-order valence-corrected chi connectivity index (χ3v) is 4.88. The molecule has 3 heteroatoms. The molecule has 0 bridgehead atoms. The van der Waals surface area contributed by atoms with Crippen molar-refractivity contribution in [3.8, 4) is 5.75 Å². The number of rotatable bonds is 5. The molecule has 2 rings (SSSR count). The van der Waals surface area contributed by atoms with Gasteiger partial charge in [0, 0.05) is 5.41 Å². The van der Waals surface area contributed by atoms with Gasteiger partial charge in [0.25, 0.3) is 0 Å². The van der Waals surface area contributed by atoms with E-state index in [4.69, 9.17) is 9.47 Å². The van der Waals surface area contributed by atoms with E-state index in [-0.39, 0.29) is 16.8 Å². The third kappa shape index (κ3) is 2.77. The van der Waals surface area contributed by atoms with Crippen molar-refractivity contribution in [3.05, 3.63) is 41.5 Å². The molecule has 0 amide bonds. The topological polar surface area (TPSA) is 35.5 Å². The van der Waals surface area contributed by atoms with Gasteiger partial charge in [0.1, 0.15) is 5.75 Å². The lowest BCUT2D eigenvalue weighted by atomic mass is 9.62. The number of hydrogen-bond donors (Lipinski definition) is 0. The van der Waals surface area contributed by atoms with Crippen LogP contribution >= 0.6 is 0 Å². The fraction of sp³-hybridized carbons (Fsp3) is 0.526. The summed E-state index contributed by atoms with van der Waals surface area (Å²) >= 11 is 0. The summed E-state index contributed by atoms with van der Waals surface area (Å²) in [7, 11) is 1.68. The zero-order chi connectivity index (χ0) is 16.4. The molecule has 0 radical (unpaired) electrons. The highest BCUT2D eigenvalue weighted by Crippen LogP contribution is 2.52. The fourth-order valence-corrected chi connectivity index (χ4v) is 3.45. The average Bonchev–Trinajstić information content (AvgIpc) is 2.75. The summed E-state index contributed by atoms with van der Waals surface area (Å²) in [5.74, 6) is 0.727. The molecule has 1 aliphatic rings. The highest BCUT2D eigenvalue weighted by atomic mass is 16.5. The second-order valence-corrected chi connectivity index (χ2v) is 6.63. The quantitative estimate of drug-likeness (QED) is 0.604. The minimum absolute atomic E-state index is 0.0270. The first-order chi connectivity index (χ1) is 10.4. The van der Waals surface area contributed by atoms with Crippen LogP contribution in [-0.2, 0) is 14.9 Å². The summed E-state index contributed by atoms with van der Waals surface area (Å²) in [5, 5.41) is 0. The minimum atomic E-state index is -0.323. The Hall–Kier alpha value is -1.77. The maximum Gasteiger partial charge on any atom is 0.307 e. The first-order valence-corrected chi connectivity index (χ1v) is 7.85. The Balaban J connectivity index is 2.48. The van der Waals surface area contributed by atoms with Crippen LogP contribution in [0, 0.1) is 12.3 Å². The Morgan fingerprint density at radius 2 is 2.05 bits per heavy atom. The van der Waals surface area contributed by atoms with E-state index >= 15 is 0 Å². The molecule has 1 atom stereocenters. The average molecular weight is 302 g/mol. The molecule has 1 aromatic carbocycles. The second kappa shape index (κ2) is 6.15. The Labute approximate surface area is 133 Å². The lowest BCUT2D eigenvalue weighted by Crippen LogP contribution is -2.39. The minimum Gasteiger partial charge on any atom is -0.496 e. The van der Waals surface area contributed by atoms with E-state index in [0.717, 1.165) is 23.3 Å². The standard InChI is InChI=1S/C19H26O3/c1-6-22-17(20)13-19(11-7-10-18(19,3)4)15-8-9-16(21-5)14(2)12-15/h7-9,11-12H,6,10,13H2,1-5H3/t19-/m1/s1. The third-order valence-electron chi connectivity index (χ3n) is 4.88. The van der Waals surface area contributed by atoms with Gasteiger partial charge in [0.15, 0.2) is 0 Å². The molecule has 0 aliphatic heterocycles. The Kier molecular flexibility index (Phi) is 4.64. The van der Waals surface area contributed by atoms with Crippen molar-refractivity contribution in [2.24, 2.45) is 5.41 Å². The number of carbonyl (C=O) groups is 1. The van der Waals surface area contributed by atoms with E-state index in [1.54, 1.807) is 7.11 Å². The smallest absolute Gasteiger partial charge is 0.307 e. The number of ether oxygens (including phenoxy) is 2. The molecule has 0 aromatic heterocycles. The molecular formula is C19H26O3. The number of hydrogen-bond acceptors (Lipinski definition) is 3. The maximum atomic E-state index is 12.2. The van der Waals surface area contributed by atoms with Crippen molar-refractivity contribution < 1.29 is 14.3 Å². The maximum absolute atomic E-state index is 12.2. The van der Waals surface area contributed by atoms with Crippen molar-refractivity contribution in [1.29, 1.82) is 0 Å². The van der Waals surface area contributed by atoms with Gasteiger partial charge in [-0.05, 0) is 42.9 Å². The van der Waals surface area contributed by atoms with E-state index in [2.05, 4.69) is 38.1 Å². The van der Waals surface area contributed by atoms with Gasteiger partial charge in [0.2, 0.25) is 0 Å². The van der Waals surface area contributed by atoms with E-state index in [0.29, 0.717) is 13.0 Å². The van der Waals surface area contributed by atoms with Crippen LogP contribution in [0.5, 0.6) is 5.75 Å². The monoisotopic (exact) mass is 302 g/mol. The summed E-state index contributed by atoms with van der Waals surface area (Å²) < 4.78 is 10.6. The van der Waals surface area contributed by atoms with E-state index in [1.807, 2.05) is 19.9 Å². The predicted octanol–water partition coefficient (Wildman–Crippen LogP) is 4.18. The van der Waals surface area contributed by atoms with E-state index in [1.165, 1.54) is 0 Å². The van der Waals surface area contributed by atoms with Gasteiger partial charge in [-0.3, -0.25) is 4.79 Å². The van der Waals surface area contributed by atoms with Crippen LogP contribution < -0.4 is 4.74 Å². The molecule has 1 aliphatic carbocycles. The molecule has 0 N–H and O–H groups in total. The number of methoxy groups -OCH3 is 1. The zero-order valence-electron chi connectivity index (χ0n) is 14.2. The van der Waals surface area contributed by atoms with Gasteiger partial charge >= 0.3 is 5.97 Å². The number of allylic oxidation sites excluding steroid dienone is 2. The van der Waals surface area contributed by atoms with Gasteiger partial charge in [0.05, 0.1) is 20.1 Å². The normalized spacial score (nSPS) is 22.6. The molecule has 3 nitrogen and oxygen atoms in total. The lowest BCUT2D eigenvalue weighted by molar-refractivity contribution is -0.145. The van der Waals surface area contributed by atoms with Crippen LogP contribution in [-0.4, -0.2) is 19.7 Å². The van der Waals surface area contributed by atoms with Crippen LogP contribution in [0.4, 0.5) is 0 Å². The molecule has 0 unspecified atom stereocenters. The van der Waals surface area contributed by atoms with Crippen LogP contribution in [0.1, 0.15) is 44.7 Å². The second-order valence-electron chi connectivity index (χ2n) is 6.63. The van der Waals surface area contributed by atoms with E-state index < -0.39 is 0 Å². The summed E-state index contributed by atoms with van der Waals surface area (Å²) in [6.45, 7) is 8.72. The Morgan fingerprint density at radius 1 is 1.32 bits per heavy atom. The largest absolute Gasteiger partial charge is 0.496 e. The van der Waals surface area contributed by atoms with Gasteiger partial charge in [-0.25, -0.2) is 0 Å². The number of benzene rings is 1. The van der Waals surface area contributed by atoms with Gasteiger partial charge in [-0.1, -0.05) is 38.1 Å². The first-order valence-electron chi connectivity index (χ1n) is 7.85.